The number of phenolic OH excluding ortho intramolecular Hbond substituents is 1. The average Bonchev–Trinajstić information content (AvgIpc) is 2.79. The summed E-state index contributed by atoms with van der Waals surface area (Å²) in [5.41, 5.74) is 2.47. The number of aromatic hydroxyl groups is 1. The molecule has 0 bridgehead atoms. The minimum absolute atomic E-state index is 0.0622. The molecule has 0 heterocycles. The van der Waals surface area contributed by atoms with Crippen molar-refractivity contribution in [3.63, 3.8) is 0 Å². The largest absolute Gasteiger partial charge is 0.506 e. The van der Waals surface area contributed by atoms with Crippen molar-refractivity contribution in [1.29, 1.82) is 0 Å². The molecule has 0 spiro atoms. The zero-order chi connectivity index (χ0) is 24.0. The molecule has 0 aliphatic carbocycles. The molecule has 3 rings (SSSR count). The molecule has 174 valence electrons. The van der Waals surface area contributed by atoms with Crippen molar-refractivity contribution in [3.05, 3.63) is 74.1 Å². The van der Waals surface area contributed by atoms with Crippen LogP contribution in [0.3, 0.4) is 0 Å². The zero-order valence-electron chi connectivity index (χ0n) is 18.3. The van der Waals surface area contributed by atoms with Crippen LogP contribution in [0, 0.1) is 13.8 Å². The molecule has 0 aliphatic heterocycles. The quantitative estimate of drug-likeness (QED) is 0.222. The molecule has 0 saturated carbocycles. The number of aryl methyl sites for hydroxylation is 2. The van der Waals surface area contributed by atoms with Gasteiger partial charge in [-0.1, -0.05) is 88.5 Å². The van der Waals surface area contributed by atoms with Crippen LogP contribution in [-0.4, -0.2) is 24.2 Å². The molecule has 2 N–H and O–H groups in total. The predicted molar refractivity (Wildman–Crippen MR) is 139 cm³/mol. The highest BCUT2D eigenvalue weighted by Gasteiger charge is 2.18. The van der Waals surface area contributed by atoms with E-state index in [1.54, 1.807) is 18.2 Å². The Morgan fingerprint density at radius 2 is 1.76 bits per heavy atom. The second-order valence-corrected chi connectivity index (χ2v) is 10.1. The van der Waals surface area contributed by atoms with Crippen LogP contribution in [0.5, 0.6) is 11.5 Å². The molecule has 1 amide bonds. The number of nitrogens with one attached hydrogen (secondary N) is 1. The van der Waals surface area contributed by atoms with Gasteiger partial charge in [0.1, 0.15) is 20.4 Å². The molecule has 3 aromatic carbocycles. The number of unbranched alkanes of at least 4 members (excludes halogenated alkanes) is 1. The van der Waals surface area contributed by atoms with Gasteiger partial charge in [-0.15, -0.1) is 0 Å². The van der Waals surface area contributed by atoms with Gasteiger partial charge >= 0.3 is 0 Å². The van der Waals surface area contributed by atoms with Gasteiger partial charge in [0, 0.05) is 16.8 Å². The van der Waals surface area contributed by atoms with E-state index >= 15 is 0 Å². The van der Waals surface area contributed by atoms with Gasteiger partial charge in [0.2, 0.25) is 0 Å². The Bertz CT molecular complexity index is 1190. The molecule has 0 fully saturated rings. The lowest BCUT2D eigenvalue weighted by Crippen LogP contribution is -2.25. The lowest BCUT2D eigenvalue weighted by Gasteiger charge is -2.13. The van der Waals surface area contributed by atoms with Crippen LogP contribution < -0.4 is 10.1 Å². The van der Waals surface area contributed by atoms with Gasteiger partial charge in [-0.05, 0) is 49.8 Å². The van der Waals surface area contributed by atoms with Crippen LogP contribution >= 0.6 is 46.6 Å². The van der Waals surface area contributed by atoms with E-state index in [1.165, 1.54) is 5.56 Å². The molecule has 0 atom stereocenters. The molecule has 0 saturated heterocycles. The van der Waals surface area contributed by atoms with E-state index in [0.29, 0.717) is 23.4 Å². The number of benzene rings is 3. The average molecular weight is 525 g/mol. The molecule has 0 aromatic heterocycles. The number of ether oxygens (including phenoxy) is 1. The fourth-order valence-electron chi connectivity index (χ4n) is 3.39. The minimum atomic E-state index is -0.368. The Morgan fingerprint density at radius 3 is 2.45 bits per heavy atom. The number of carbonyl (C=O) groups excluding carboxylic acids is 1. The third-order valence-electron chi connectivity index (χ3n) is 5.02. The first-order chi connectivity index (χ1) is 15.8. The summed E-state index contributed by atoms with van der Waals surface area (Å²) in [4.78, 5) is 13.5. The van der Waals surface area contributed by atoms with Gasteiger partial charge in [0.05, 0.1) is 12.2 Å². The van der Waals surface area contributed by atoms with Crippen molar-refractivity contribution in [1.82, 2.24) is 5.32 Å². The lowest BCUT2D eigenvalue weighted by atomic mass is 10.0. The van der Waals surface area contributed by atoms with E-state index in [0.717, 1.165) is 41.3 Å². The number of thioether (sulfide) groups is 1. The molecule has 4 nitrogen and oxygen atoms in total. The predicted octanol–water partition coefficient (Wildman–Crippen LogP) is 7.69. The second-order valence-electron chi connectivity index (χ2n) is 7.53. The Balaban J connectivity index is 1.62. The molecule has 33 heavy (non-hydrogen) atoms. The van der Waals surface area contributed by atoms with E-state index in [2.05, 4.69) is 11.4 Å². The third kappa shape index (κ3) is 6.73. The maximum absolute atomic E-state index is 12.8. The zero-order valence-corrected chi connectivity index (χ0v) is 21.3. The summed E-state index contributed by atoms with van der Waals surface area (Å²) >= 11 is 18.8. The summed E-state index contributed by atoms with van der Waals surface area (Å²) in [6.45, 7) is 5.09. The summed E-state index contributed by atoms with van der Waals surface area (Å²) in [7, 11) is 0. The summed E-state index contributed by atoms with van der Waals surface area (Å²) in [6.07, 6.45) is 1.52. The van der Waals surface area contributed by atoms with Gasteiger partial charge in [-0.25, -0.2) is 0 Å². The molecule has 0 aliphatic rings. The second kappa shape index (κ2) is 11.9. The number of halogens is 3. The Kier molecular flexibility index (Phi) is 9.21. The van der Waals surface area contributed by atoms with Gasteiger partial charge in [0.15, 0.2) is 0 Å². The molecule has 0 radical (unpaired) electrons. The summed E-state index contributed by atoms with van der Waals surface area (Å²) in [5, 5.41) is 14.9. The normalized spacial score (nSPS) is 10.8. The molecule has 8 heteroatoms. The van der Waals surface area contributed by atoms with Crippen molar-refractivity contribution in [3.8, 4) is 11.5 Å². The number of phenols is 1. The van der Waals surface area contributed by atoms with Crippen molar-refractivity contribution in [2.24, 2.45) is 0 Å². The topological polar surface area (TPSA) is 58.6 Å². The molecular formula is C25H24Cl3NO3S. The number of rotatable bonds is 9. The highest BCUT2D eigenvalue weighted by atomic mass is 35.5. The van der Waals surface area contributed by atoms with Crippen LogP contribution in [0.25, 0.3) is 10.8 Å². The number of amides is 1. The van der Waals surface area contributed by atoms with Crippen molar-refractivity contribution < 1.29 is 14.6 Å². The molecule has 0 unspecified atom stereocenters. The van der Waals surface area contributed by atoms with Crippen LogP contribution in [0.15, 0.2) is 62.3 Å². The molecule has 3 aromatic rings. The van der Waals surface area contributed by atoms with Crippen molar-refractivity contribution in [2.75, 3.05) is 13.2 Å². The fraction of sp³-hybridized carbons (Fsp3) is 0.240. The Labute approximate surface area is 212 Å². The third-order valence-corrected chi connectivity index (χ3v) is 7.17. The number of fused-ring (bicyclic) bond motifs is 1. The van der Waals surface area contributed by atoms with Crippen LogP contribution in [0.1, 0.15) is 34.3 Å². The van der Waals surface area contributed by atoms with Crippen LogP contribution in [0.4, 0.5) is 0 Å². The van der Waals surface area contributed by atoms with Crippen molar-refractivity contribution >= 4 is 63.2 Å². The summed E-state index contributed by atoms with van der Waals surface area (Å²) in [5.74, 6) is 0.427. The van der Waals surface area contributed by atoms with Gasteiger partial charge < -0.3 is 15.2 Å². The summed E-state index contributed by atoms with van der Waals surface area (Å²) < 4.78 is 5.95. The standard InChI is InChI=1S/C25H24Cl3NO3S/c1-15-9-10-20(16(2)13-15)32-12-6-5-11-29-25(31)19-14-21(33-24(28)23(26)27)17-7-3-4-8-18(17)22(19)30/h3-4,7-10,13-14,30H,5-6,11-12H2,1-2H3,(H,29,31). The highest BCUT2D eigenvalue weighted by molar-refractivity contribution is 8.05. The fourth-order valence-corrected chi connectivity index (χ4v) is 4.60. The van der Waals surface area contributed by atoms with E-state index in [4.69, 9.17) is 39.5 Å². The SMILES string of the molecule is Cc1ccc(OCCCCNC(=O)c2cc(SC(Cl)=C(Cl)Cl)c3ccccc3c2O)c(C)c1. The number of hydrogen-bond acceptors (Lipinski definition) is 4. The summed E-state index contributed by atoms with van der Waals surface area (Å²) in [6, 6.07) is 14.9. The smallest absolute Gasteiger partial charge is 0.255 e. The first-order valence-corrected chi connectivity index (χ1v) is 12.3. The van der Waals surface area contributed by atoms with E-state index in [1.807, 2.05) is 38.1 Å². The number of hydrogen-bond donors (Lipinski definition) is 2. The Hall–Kier alpha value is -2.05. The maximum atomic E-state index is 12.8. The van der Waals surface area contributed by atoms with Gasteiger partial charge in [-0.2, -0.15) is 0 Å². The molecular weight excluding hydrogens is 501 g/mol. The minimum Gasteiger partial charge on any atom is -0.506 e. The monoisotopic (exact) mass is 523 g/mol. The van der Waals surface area contributed by atoms with Crippen LogP contribution in [0.2, 0.25) is 0 Å². The maximum Gasteiger partial charge on any atom is 0.255 e. The lowest BCUT2D eigenvalue weighted by molar-refractivity contribution is 0.0949. The first-order valence-electron chi connectivity index (χ1n) is 10.4. The van der Waals surface area contributed by atoms with Crippen molar-refractivity contribution in [2.45, 2.75) is 31.6 Å². The van der Waals surface area contributed by atoms with Gasteiger partial charge in [0.25, 0.3) is 5.91 Å². The Morgan fingerprint density at radius 1 is 1.03 bits per heavy atom. The van der Waals surface area contributed by atoms with E-state index in [9.17, 15) is 9.90 Å². The number of carbonyl (C=O) groups is 1. The highest BCUT2D eigenvalue weighted by Crippen LogP contribution is 2.42. The van der Waals surface area contributed by atoms with E-state index < -0.39 is 0 Å². The van der Waals surface area contributed by atoms with E-state index in [-0.39, 0.29) is 26.1 Å². The first kappa shape index (κ1) is 25.6. The van der Waals surface area contributed by atoms with Gasteiger partial charge in [-0.3, -0.25) is 4.79 Å². The van der Waals surface area contributed by atoms with Crippen LogP contribution in [-0.2, 0) is 0 Å².